The van der Waals surface area contributed by atoms with Crippen LogP contribution in [0.2, 0.25) is 0 Å². The average molecular weight is 298 g/mol. The number of benzene rings is 2. The van der Waals surface area contributed by atoms with Crippen molar-refractivity contribution in [1.82, 2.24) is 5.32 Å². The second kappa shape index (κ2) is 7.17. The van der Waals surface area contributed by atoms with Crippen molar-refractivity contribution in [1.29, 1.82) is 0 Å². The monoisotopic (exact) mass is 298 g/mol. The number of hydrogen-bond acceptors (Lipinski definition) is 2. The van der Waals surface area contributed by atoms with E-state index in [0.29, 0.717) is 17.8 Å². The molecule has 2 aromatic rings. The second-order valence-corrected chi connectivity index (χ2v) is 4.58. The molecule has 5 heteroatoms. The van der Waals surface area contributed by atoms with Crippen LogP contribution in [0.25, 0.3) is 0 Å². The molecule has 0 bridgehead atoms. The highest BCUT2D eigenvalue weighted by Crippen LogP contribution is 2.11. The molecule has 0 radical (unpaired) electrons. The molecule has 0 aliphatic carbocycles. The summed E-state index contributed by atoms with van der Waals surface area (Å²) < 4.78 is 12.8. The third-order valence-corrected chi connectivity index (χ3v) is 2.97. The molecule has 2 amide bonds. The quantitative estimate of drug-likeness (QED) is 0.834. The normalized spacial score (nSPS) is 9.86. The topological polar surface area (TPSA) is 58.2 Å². The fraction of sp³-hybridized carbons (Fsp3) is 0.0588. The van der Waals surface area contributed by atoms with Crippen molar-refractivity contribution < 1.29 is 14.0 Å². The molecule has 0 aromatic heterocycles. The molecule has 0 heterocycles. The van der Waals surface area contributed by atoms with E-state index in [1.807, 2.05) is 0 Å². The lowest BCUT2D eigenvalue weighted by atomic mass is 10.1. The lowest BCUT2D eigenvalue weighted by Crippen LogP contribution is -2.20. The van der Waals surface area contributed by atoms with E-state index in [1.165, 1.54) is 30.3 Å². The first kappa shape index (κ1) is 15.4. The van der Waals surface area contributed by atoms with Crippen molar-refractivity contribution in [3.8, 4) is 0 Å². The number of rotatable bonds is 5. The van der Waals surface area contributed by atoms with Gasteiger partial charge >= 0.3 is 0 Å². The van der Waals surface area contributed by atoms with Gasteiger partial charge in [0, 0.05) is 17.8 Å². The van der Waals surface area contributed by atoms with E-state index in [4.69, 9.17) is 0 Å². The molecule has 0 atom stereocenters. The van der Waals surface area contributed by atoms with Crippen LogP contribution in [0.4, 0.5) is 10.1 Å². The smallest absolute Gasteiger partial charge is 0.255 e. The maximum atomic E-state index is 12.8. The van der Waals surface area contributed by atoms with Crippen LogP contribution in [0.5, 0.6) is 0 Å². The summed E-state index contributed by atoms with van der Waals surface area (Å²) in [5, 5.41) is 5.33. The lowest BCUT2D eigenvalue weighted by Gasteiger charge is -2.07. The predicted molar refractivity (Wildman–Crippen MR) is 82.8 cm³/mol. The van der Waals surface area contributed by atoms with E-state index in [-0.39, 0.29) is 17.6 Å². The third kappa shape index (κ3) is 4.28. The zero-order valence-electron chi connectivity index (χ0n) is 11.8. The standard InChI is InChI=1S/C17H15FN2O2/c1-2-16(21)19-11-12-3-5-13(6-4-12)17(22)20-15-9-7-14(18)8-10-15/h2-10H,1,11H2,(H,19,21)(H,20,22). The second-order valence-electron chi connectivity index (χ2n) is 4.58. The highest BCUT2D eigenvalue weighted by molar-refractivity contribution is 6.04. The van der Waals surface area contributed by atoms with Crippen molar-refractivity contribution in [3.05, 3.63) is 78.1 Å². The van der Waals surface area contributed by atoms with Gasteiger partial charge in [-0.15, -0.1) is 0 Å². The molecule has 2 N–H and O–H groups in total. The average Bonchev–Trinajstić information content (AvgIpc) is 2.55. The molecule has 2 rings (SSSR count). The number of anilines is 1. The fourth-order valence-electron chi connectivity index (χ4n) is 1.77. The van der Waals surface area contributed by atoms with E-state index in [1.54, 1.807) is 24.3 Å². The van der Waals surface area contributed by atoms with Crippen LogP contribution >= 0.6 is 0 Å². The van der Waals surface area contributed by atoms with Gasteiger partial charge in [0.2, 0.25) is 5.91 Å². The summed E-state index contributed by atoms with van der Waals surface area (Å²) in [6.45, 7) is 3.73. The van der Waals surface area contributed by atoms with Gasteiger partial charge in [-0.2, -0.15) is 0 Å². The minimum absolute atomic E-state index is 0.252. The number of nitrogens with one attached hydrogen (secondary N) is 2. The van der Waals surface area contributed by atoms with Gasteiger partial charge < -0.3 is 10.6 Å². The molecule has 0 saturated heterocycles. The highest BCUT2D eigenvalue weighted by Gasteiger charge is 2.06. The maximum Gasteiger partial charge on any atom is 0.255 e. The van der Waals surface area contributed by atoms with Crippen LogP contribution in [0.1, 0.15) is 15.9 Å². The molecule has 0 aliphatic heterocycles. The van der Waals surface area contributed by atoms with Crippen molar-refractivity contribution in [2.24, 2.45) is 0 Å². The molecule has 0 aliphatic rings. The number of halogens is 1. The molecular weight excluding hydrogens is 283 g/mol. The summed E-state index contributed by atoms with van der Waals surface area (Å²) in [6, 6.07) is 12.4. The first-order valence-electron chi connectivity index (χ1n) is 6.64. The molecule has 0 saturated carbocycles. The van der Waals surface area contributed by atoms with Crippen LogP contribution in [-0.4, -0.2) is 11.8 Å². The van der Waals surface area contributed by atoms with Gasteiger partial charge in [0.25, 0.3) is 5.91 Å². The highest BCUT2D eigenvalue weighted by atomic mass is 19.1. The first-order valence-corrected chi connectivity index (χ1v) is 6.64. The number of carbonyl (C=O) groups excluding carboxylic acids is 2. The predicted octanol–water partition coefficient (Wildman–Crippen LogP) is 2.88. The third-order valence-electron chi connectivity index (χ3n) is 2.97. The molecule has 2 aromatic carbocycles. The van der Waals surface area contributed by atoms with Crippen LogP contribution < -0.4 is 10.6 Å². The minimum atomic E-state index is -0.357. The number of hydrogen-bond donors (Lipinski definition) is 2. The van der Waals surface area contributed by atoms with Crippen molar-refractivity contribution in [2.45, 2.75) is 6.54 Å². The largest absolute Gasteiger partial charge is 0.348 e. The summed E-state index contributed by atoms with van der Waals surface area (Å²) in [6.07, 6.45) is 1.20. The summed E-state index contributed by atoms with van der Waals surface area (Å²) in [4.78, 5) is 23.1. The Balaban J connectivity index is 1.97. The van der Waals surface area contributed by atoms with Crippen LogP contribution in [-0.2, 0) is 11.3 Å². The summed E-state index contributed by atoms with van der Waals surface area (Å²) >= 11 is 0. The van der Waals surface area contributed by atoms with E-state index >= 15 is 0 Å². The molecule has 0 unspecified atom stereocenters. The minimum Gasteiger partial charge on any atom is -0.348 e. The van der Waals surface area contributed by atoms with Gasteiger partial charge in [0.15, 0.2) is 0 Å². The zero-order valence-corrected chi connectivity index (χ0v) is 11.8. The van der Waals surface area contributed by atoms with Crippen LogP contribution in [0, 0.1) is 5.82 Å². The van der Waals surface area contributed by atoms with E-state index in [9.17, 15) is 14.0 Å². The maximum absolute atomic E-state index is 12.8. The number of amides is 2. The van der Waals surface area contributed by atoms with Gasteiger partial charge in [-0.05, 0) is 48.0 Å². The lowest BCUT2D eigenvalue weighted by molar-refractivity contribution is -0.116. The van der Waals surface area contributed by atoms with E-state index < -0.39 is 0 Å². The molecule has 22 heavy (non-hydrogen) atoms. The fourth-order valence-corrected chi connectivity index (χ4v) is 1.77. The van der Waals surface area contributed by atoms with E-state index in [0.717, 1.165) is 5.56 Å². The Morgan fingerprint density at radius 2 is 1.68 bits per heavy atom. The zero-order chi connectivity index (χ0) is 15.9. The van der Waals surface area contributed by atoms with Crippen LogP contribution in [0.15, 0.2) is 61.2 Å². The Morgan fingerprint density at radius 1 is 1.05 bits per heavy atom. The molecule has 4 nitrogen and oxygen atoms in total. The Hall–Kier alpha value is -2.95. The first-order chi connectivity index (χ1) is 10.6. The SMILES string of the molecule is C=CC(=O)NCc1ccc(C(=O)Nc2ccc(F)cc2)cc1. The molecule has 0 fully saturated rings. The Kier molecular flexibility index (Phi) is 5.03. The van der Waals surface area contributed by atoms with Crippen LogP contribution in [0.3, 0.4) is 0 Å². The number of carbonyl (C=O) groups is 2. The Labute approximate surface area is 127 Å². The van der Waals surface area contributed by atoms with Gasteiger partial charge in [0.1, 0.15) is 5.82 Å². The van der Waals surface area contributed by atoms with Crippen molar-refractivity contribution in [3.63, 3.8) is 0 Å². The van der Waals surface area contributed by atoms with Crippen molar-refractivity contribution >= 4 is 17.5 Å². The van der Waals surface area contributed by atoms with Gasteiger partial charge in [-0.1, -0.05) is 18.7 Å². The Bertz CT molecular complexity index is 679. The van der Waals surface area contributed by atoms with Gasteiger partial charge in [-0.3, -0.25) is 9.59 Å². The summed E-state index contributed by atoms with van der Waals surface area (Å²) in [7, 11) is 0. The van der Waals surface area contributed by atoms with Gasteiger partial charge in [0.05, 0.1) is 0 Å². The molecule has 0 spiro atoms. The summed E-state index contributed by atoms with van der Waals surface area (Å²) in [5.74, 6) is -0.893. The molecule has 112 valence electrons. The van der Waals surface area contributed by atoms with Gasteiger partial charge in [-0.25, -0.2) is 4.39 Å². The van der Waals surface area contributed by atoms with Crippen molar-refractivity contribution in [2.75, 3.05) is 5.32 Å². The molecular formula is C17H15FN2O2. The summed E-state index contributed by atoms with van der Waals surface area (Å²) in [5.41, 5.74) is 1.87. The Morgan fingerprint density at radius 3 is 2.27 bits per heavy atom. The van der Waals surface area contributed by atoms with E-state index in [2.05, 4.69) is 17.2 Å².